The fourth-order valence-corrected chi connectivity index (χ4v) is 6.04. The quantitative estimate of drug-likeness (QED) is 0.736. The van der Waals surface area contributed by atoms with Gasteiger partial charge in [0, 0.05) is 43.5 Å². The van der Waals surface area contributed by atoms with Gasteiger partial charge in [0.05, 0.1) is 12.1 Å². The van der Waals surface area contributed by atoms with E-state index in [0.29, 0.717) is 32.1 Å². The molecule has 2 aromatic rings. The van der Waals surface area contributed by atoms with E-state index in [2.05, 4.69) is 54.5 Å². The first-order chi connectivity index (χ1) is 15.0. The standard InChI is InChI=1S/C25H31N3O2S/c1-17-5-3-4-6-20(17)23-21-10-16-31-22(21)9-11-28(23)18(2)24(29)26-12-14-27(15-13-26)25(30)19-7-8-19/h3-6,10,16,18-19,23H,7-9,11-15H2,1-2H3/t18-,23+/m0/s1. The Morgan fingerprint density at radius 1 is 0.968 bits per heavy atom. The second kappa shape index (κ2) is 8.40. The van der Waals surface area contributed by atoms with Crippen molar-refractivity contribution in [1.29, 1.82) is 0 Å². The van der Waals surface area contributed by atoms with Crippen LogP contribution < -0.4 is 0 Å². The maximum absolute atomic E-state index is 13.5. The van der Waals surface area contributed by atoms with E-state index in [1.165, 1.54) is 21.6 Å². The smallest absolute Gasteiger partial charge is 0.239 e. The molecule has 0 unspecified atom stereocenters. The van der Waals surface area contributed by atoms with E-state index in [9.17, 15) is 9.59 Å². The van der Waals surface area contributed by atoms with Crippen molar-refractivity contribution < 1.29 is 9.59 Å². The van der Waals surface area contributed by atoms with Crippen molar-refractivity contribution in [3.05, 3.63) is 57.3 Å². The first-order valence-corrected chi connectivity index (χ1v) is 12.4. The zero-order valence-corrected chi connectivity index (χ0v) is 19.2. The Morgan fingerprint density at radius 2 is 1.68 bits per heavy atom. The summed E-state index contributed by atoms with van der Waals surface area (Å²) in [4.78, 5) is 33.6. The molecule has 31 heavy (non-hydrogen) atoms. The Bertz CT molecular complexity index is 975. The van der Waals surface area contributed by atoms with Gasteiger partial charge in [-0.05, 0) is 61.2 Å². The monoisotopic (exact) mass is 437 g/mol. The molecule has 1 aromatic heterocycles. The molecule has 3 heterocycles. The molecule has 1 saturated heterocycles. The maximum atomic E-state index is 13.5. The number of aryl methyl sites for hydroxylation is 1. The van der Waals surface area contributed by atoms with E-state index in [-0.39, 0.29) is 23.9 Å². The van der Waals surface area contributed by atoms with Crippen LogP contribution >= 0.6 is 11.3 Å². The van der Waals surface area contributed by atoms with Gasteiger partial charge in [-0.15, -0.1) is 11.3 Å². The van der Waals surface area contributed by atoms with Crippen LogP contribution in [-0.2, 0) is 16.0 Å². The highest BCUT2D eigenvalue weighted by molar-refractivity contribution is 7.10. The zero-order chi connectivity index (χ0) is 21.5. The van der Waals surface area contributed by atoms with Gasteiger partial charge in [-0.1, -0.05) is 24.3 Å². The lowest BCUT2D eigenvalue weighted by atomic mass is 9.89. The predicted molar refractivity (Wildman–Crippen MR) is 123 cm³/mol. The lowest BCUT2D eigenvalue weighted by Gasteiger charge is -2.43. The van der Waals surface area contributed by atoms with Crippen molar-refractivity contribution in [2.45, 2.75) is 45.2 Å². The molecule has 1 aliphatic carbocycles. The Balaban J connectivity index is 1.34. The largest absolute Gasteiger partial charge is 0.339 e. The summed E-state index contributed by atoms with van der Waals surface area (Å²) < 4.78 is 0. The van der Waals surface area contributed by atoms with Crippen molar-refractivity contribution in [3.63, 3.8) is 0 Å². The molecule has 5 nitrogen and oxygen atoms in total. The van der Waals surface area contributed by atoms with Gasteiger partial charge in [0.1, 0.15) is 0 Å². The molecular weight excluding hydrogens is 406 g/mol. The van der Waals surface area contributed by atoms with E-state index in [1.54, 1.807) is 0 Å². The molecule has 2 aliphatic heterocycles. The van der Waals surface area contributed by atoms with Crippen LogP contribution in [0.1, 0.15) is 47.4 Å². The summed E-state index contributed by atoms with van der Waals surface area (Å²) in [6.07, 6.45) is 3.07. The third-order valence-electron chi connectivity index (χ3n) is 7.17. The molecule has 0 bridgehead atoms. The van der Waals surface area contributed by atoms with Crippen molar-refractivity contribution >= 4 is 23.2 Å². The Labute approximate surface area is 188 Å². The third-order valence-corrected chi connectivity index (χ3v) is 8.17. The van der Waals surface area contributed by atoms with Crippen molar-refractivity contribution in [3.8, 4) is 0 Å². The minimum atomic E-state index is -0.191. The summed E-state index contributed by atoms with van der Waals surface area (Å²) in [6.45, 7) is 7.75. The van der Waals surface area contributed by atoms with Crippen molar-refractivity contribution in [1.82, 2.24) is 14.7 Å². The zero-order valence-electron chi connectivity index (χ0n) is 18.4. The summed E-state index contributed by atoms with van der Waals surface area (Å²) >= 11 is 1.83. The Hall–Kier alpha value is -2.18. The highest BCUT2D eigenvalue weighted by atomic mass is 32.1. The van der Waals surface area contributed by atoms with Crippen LogP contribution in [0.5, 0.6) is 0 Å². The third kappa shape index (κ3) is 3.92. The van der Waals surface area contributed by atoms with Crippen LogP contribution in [0.2, 0.25) is 0 Å². The number of fused-ring (bicyclic) bond motifs is 1. The highest BCUT2D eigenvalue weighted by Gasteiger charge is 2.39. The average molecular weight is 438 g/mol. The topological polar surface area (TPSA) is 43.9 Å². The lowest BCUT2D eigenvalue weighted by molar-refractivity contribution is -0.143. The van der Waals surface area contributed by atoms with Gasteiger partial charge in [0.25, 0.3) is 0 Å². The van der Waals surface area contributed by atoms with Crippen LogP contribution in [0.3, 0.4) is 0 Å². The summed E-state index contributed by atoms with van der Waals surface area (Å²) in [6, 6.07) is 10.7. The van der Waals surface area contributed by atoms with Gasteiger partial charge in [-0.2, -0.15) is 0 Å². The SMILES string of the molecule is Cc1ccccc1[C@@H]1c2ccsc2CCN1[C@@H](C)C(=O)N1CCN(C(=O)C2CC2)CC1. The molecule has 3 aliphatic rings. The minimum Gasteiger partial charge on any atom is -0.339 e. The molecule has 0 N–H and O–H groups in total. The van der Waals surface area contributed by atoms with Crippen molar-refractivity contribution in [2.24, 2.45) is 5.92 Å². The number of amides is 2. The average Bonchev–Trinajstić information content (AvgIpc) is 3.54. The molecule has 0 radical (unpaired) electrons. The first kappa shape index (κ1) is 20.7. The van der Waals surface area contributed by atoms with Gasteiger partial charge in [0.2, 0.25) is 11.8 Å². The summed E-state index contributed by atoms with van der Waals surface area (Å²) in [5, 5.41) is 2.18. The molecule has 2 fully saturated rings. The van der Waals surface area contributed by atoms with Crippen LogP contribution in [0, 0.1) is 12.8 Å². The Morgan fingerprint density at radius 3 is 2.39 bits per heavy atom. The number of rotatable bonds is 4. The molecule has 2 amide bonds. The number of benzene rings is 1. The normalized spacial score (nSPS) is 22.8. The van der Waals surface area contributed by atoms with Gasteiger partial charge in [-0.3, -0.25) is 14.5 Å². The number of piperazine rings is 1. The van der Waals surface area contributed by atoms with Gasteiger partial charge in [-0.25, -0.2) is 0 Å². The predicted octanol–water partition coefficient (Wildman–Crippen LogP) is 3.47. The van der Waals surface area contributed by atoms with Gasteiger partial charge < -0.3 is 9.80 Å². The van der Waals surface area contributed by atoms with E-state index in [1.807, 2.05) is 21.1 Å². The van der Waals surface area contributed by atoms with Crippen molar-refractivity contribution in [2.75, 3.05) is 32.7 Å². The molecule has 164 valence electrons. The van der Waals surface area contributed by atoms with Crippen LogP contribution in [0.4, 0.5) is 0 Å². The second-order valence-corrected chi connectivity index (χ2v) is 10.1. The molecule has 1 saturated carbocycles. The number of nitrogens with zero attached hydrogens (tertiary/aromatic N) is 3. The van der Waals surface area contributed by atoms with Crippen LogP contribution in [0.15, 0.2) is 35.7 Å². The fraction of sp³-hybridized carbons (Fsp3) is 0.520. The van der Waals surface area contributed by atoms with Crippen LogP contribution in [0.25, 0.3) is 0 Å². The highest BCUT2D eigenvalue weighted by Crippen LogP contribution is 2.40. The molecule has 5 rings (SSSR count). The Kier molecular flexibility index (Phi) is 5.61. The minimum absolute atomic E-state index is 0.118. The second-order valence-electron chi connectivity index (χ2n) is 9.15. The van der Waals surface area contributed by atoms with Gasteiger partial charge >= 0.3 is 0 Å². The fourth-order valence-electron chi connectivity index (χ4n) is 5.13. The summed E-state index contributed by atoms with van der Waals surface area (Å²) in [5.41, 5.74) is 3.91. The number of thiophene rings is 1. The molecule has 6 heteroatoms. The molecule has 1 aromatic carbocycles. The maximum Gasteiger partial charge on any atom is 0.239 e. The molecule has 0 spiro atoms. The number of carbonyl (C=O) groups is 2. The number of carbonyl (C=O) groups excluding carboxylic acids is 2. The first-order valence-electron chi connectivity index (χ1n) is 11.5. The van der Waals surface area contributed by atoms with Gasteiger partial charge in [0.15, 0.2) is 0 Å². The van der Waals surface area contributed by atoms with E-state index >= 15 is 0 Å². The lowest BCUT2D eigenvalue weighted by Crippen LogP contribution is -2.56. The molecule has 2 atom stereocenters. The van der Waals surface area contributed by atoms with E-state index in [4.69, 9.17) is 0 Å². The summed E-state index contributed by atoms with van der Waals surface area (Å²) in [7, 11) is 0. The van der Waals surface area contributed by atoms with E-state index < -0.39 is 0 Å². The molecular formula is C25H31N3O2S. The summed E-state index contributed by atoms with van der Waals surface area (Å²) in [5.74, 6) is 0.737. The van der Waals surface area contributed by atoms with Crippen LogP contribution in [-0.4, -0.2) is 65.3 Å². The number of hydrogen-bond acceptors (Lipinski definition) is 4. The van der Waals surface area contributed by atoms with E-state index in [0.717, 1.165) is 25.8 Å². The number of hydrogen-bond donors (Lipinski definition) is 0.